The van der Waals surface area contributed by atoms with Crippen molar-refractivity contribution in [2.45, 2.75) is 55.2 Å². The van der Waals surface area contributed by atoms with Gasteiger partial charge in [0.1, 0.15) is 6.04 Å². The number of halogens is 1. The lowest BCUT2D eigenvalue weighted by molar-refractivity contribution is -0.117. The van der Waals surface area contributed by atoms with Gasteiger partial charge in [-0.2, -0.15) is 0 Å². The number of anilines is 1. The number of hydrogen-bond donors (Lipinski definition) is 2. The van der Waals surface area contributed by atoms with Gasteiger partial charge in [-0.05, 0) is 37.9 Å². The van der Waals surface area contributed by atoms with Crippen LogP contribution in [0.25, 0.3) is 0 Å². The number of nitrogens with one attached hydrogen (secondary N) is 2. The third kappa shape index (κ3) is 3.22. The van der Waals surface area contributed by atoms with Crippen LogP contribution in [0.4, 0.5) is 5.69 Å². The molecule has 0 saturated heterocycles. The van der Waals surface area contributed by atoms with Crippen LogP contribution < -0.4 is 10.6 Å². The van der Waals surface area contributed by atoms with Crippen molar-refractivity contribution in [3.8, 4) is 0 Å². The summed E-state index contributed by atoms with van der Waals surface area (Å²) in [6, 6.07) is 3.74. The van der Waals surface area contributed by atoms with Crippen molar-refractivity contribution in [3.63, 3.8) is 0 Å². The summed E-state index contributed by atoms with van der Waals surface area (Å²) >= 11 is 8.31. The first kappa shape index (κ1) is 15.2. The predicted molar refractivity (Wildman–Crippen MR) is 89.2 cm³/mol. The molecule has 1 aromatic rings. The van der Waals surface area contributed by atoms with Crippen LogP contribution in [-0.4, -0.2) is 17.7 Å². The molecular formula is C16H21ClN2OS. The molecule has 2 aliphatic rings. The number of hydrogen-bond acceptors (Lipinski definition) is 3. The van der Waals surface area contributed by atoms with Gasteiger partial charge >= 0.3 is 0 Å². The van der Waals surface area contributed by atoms with Gasteiger partial charge in [0.05, 0.1) is 5.02 Å². The summed E-state index contributed by atoms with van der Waals surface area (Å²) in [6.45, 7) is 2.92. The smallest absolute Gasteiger partial charge is 0.246 e. The van der Waals surface area contributed by atoms with E-state index in [1.165, 1.54) is 25.7 Å². The number of fused-ring (bicyclic) bond motifs is 1. The van der Waals surface area contributed by atoms with Gasteiger partial charge in [0.25, 0.3) is 0 Å². The number of carbonyl (C=O) groups excluding carboxylic acids is 1. The summed E-state index contributed by atoms with van der Waals surface area (Å²) in [5, 5.41) is 7.70. The summed E-state index contributed by atoms with van der Waals surface area (Å²) < 4.78 is 0. The Morgan fingerprint density at radius 2 is 2.14 bits per heavy atom. The Hall–Kier alpha value is -0.710. The van der Waals surface area contributed by atoms with Crippen LogP contribution in [0.3, 0.4) is 0 Å². The Kier molecular flexibility index (Phi) is 4.77. The Morgan fingerprint density at radius 3 is 2.86 bits per heavy atom. The minimum atomic E-state index is -0.261. The molecule has 0 spiro atoms. The second kappa shape index (κ2) is 6.59. The Bertz CT molecular complexity index is 543. The number of thioether (sulfide) groups is 1. The molecule has 1 amide bonds. The molecule has 5 heteroatoms. The fourth-order valence-corrected chi connectivity index (χ4v) is 4.62. The lowest BCUT2D eigenvalue weighted by Gasteiger charge is -2.14. The van der Waals surface area contributed by atoms with Gasteiger partial charge in [0.2, 0.25) is 5.91 Å². The van der Waals surface area contributed by atoms with Crippen molar-refractivity contribution in [1.82, 2.24) is 5.32 Å². The standard InChI is InChI=1S/C16H21ClN2OS/c1-2-7-18-15-11-8-12(17)14(9-13(11)19-16(15)20)21-10-5-3-4-6-10/h8-10,15,18H,2-7H2,1H3,(H,19,20). The maximum atomic E-state index is 12.1. The van der Waals surface area contributed by atoms with Crippen molar-refractivity contribution >= 4 is 35.0 Å². The fraction of sp³-hybridized carbons (Fsp3) is 0.562. The zero-order chi connectivity index (χ0) is 14.8. The van der Waals surface area contributed by atoms with Crippen LogP contribution in [-0.2, 0) is 4.79 Å². The van der Waals surface area contributed by atoms with Crippen LogP contribution in [0, 0.1) is 0 Å². The first-order valence-electron chi connectivity index (χ1n) is 7.73. The SMILES string of the molecule is CCCNC1C(=O)Nc2cc(SC3CCCC3)c(Cl)cc21. The second-order valence-electron chi connectivity index (χ2n) is 5.77. The van der Waals surface area contributed by atoms with Crippen LogP contribution in [0.1, 0.15) is 50.6 Å². The molecule has 1 saturated carbocycles. The van der Waals surface area contributed by atoms with Crippen molar-refractivity contribution in [2.24, 2.45) is 0 Å². The van der Waals surface area contributed by atoms with Crippen LogP contribution in [0.5, 0.6) is 0 Å². The zero-order valence-corrected chi connectivity index (χ0v) is 13.8. The molecule has 1 unspecified atom stereocenters. The topological polar surface area (TPSA) is 41.1 Å². The molecule has 0 bridgehead atoms. The largest absolute Gasteiger partial charge is 0.324 e. The fourth-order valence-electron chi connectivity index (χ4n) is 3.03. The van der Waals surface area contributed by atoms with Crippen molar-refractivity contribution < 1.29 is 4.79 Å². The van der Waals surface area contributed by atoms with E-state index < -0.39 is 0 Å². The molecule has 3 nitrogen and oxygen atoms in total. The zero-order valence-electron chi connectivity index (χ0n) is 12.2. The molecule has 1 aliphatic heterocycles. The molecule has 3 rings (SSSR count). The quantitative estimate of drug-likeness (QED) is 0.845. The molecule has 1 heterocycles. The highest BCUT2D eigenvalue weighted by Gasteiger charge is 2.31. The number of rotatable bonds is 5. The molecule has 21 heavy (non-hydrogen) atoms. The molecule has 0 radical (unpaired) electrons. The first-order valence-corrected chi connectivity index (χ1v) is 8.99. The summed E-state index contributed by atoms with van der Waals surface area (Å²) in [7, 11) is 0. The maximum Gasteiger partial charge on any atom is 0.246 e. The van der Waals surface area contributed by atoms with Gasteiger partial charge < -0.3 is 10.6 Å². The first-order chi connectivity index (χ1) is 10.2. The normalized spacial score (nSPS) is 21.6. The number of benzene rings is 1. The highest BCUT2D eigenvalue weighted by atomic mass is 35.5. The second-order valence-corrected chi connectivity index (χ2v) is 7.52. The van der Waals surface area contributed by atoms with E-state index >= 15 is 0 Å². The Labute approximate surface area is 135 Å². The molecular weight excluding hydrogens is 304 g/mol. The molecule has 0 aromatic heterocycles. The van der Waals surface area contributed by atoms with Crippen molar-refractivity contribution in [3.05, 3.63) is 22.7 Å². The lowest BCUT2D eigenvalue weighted by atomic mass is 10.1. The molecule has 1 fully saturated rings. The van der Waals surface area contributed by atoms with E-state index in [0.29, 0.717) is 5.25 Å². The minimum absolute atomic E-state index is 0.0255. The maximum absolute atomic E-state index is 12.1. The molecule has 114 valence electrons. The van der Waals surface area contributed by atoms with Gasteiger partial charge in [-0.1, -0.05) is 31.4 Å². The minimum Gasteiger partial charge on any atom is -0.324 e. The summed E-state index contributed by atoms with van der Waals surface area (Å²) in [4.78, 5) is 13.2. The molecule has 1 aromatic carbocycles. The van der Waals surface area contributed by atoms with E-state index in [4.69, 9.17) is 11.6 Å². The van der Waals surface area contributed by atoms with Gasteiger partial charge in [-0.15, -0.1) is 11.8 Å². The molecule has 1 atom stereocenters. The molecule has 1 aliphatic carbocycles. The van der Waals surface area contributed by atoms with Crippen LogP contribution in [0.2, 0.25) is 5.02 Å². The Morgan fingerprint density at radius 1 is 1.38 bits per heavy atom. The van der Waals surface area contributed by atoms with E-state index in [1.807, 2.05) is 23.9 Å². The highest BCUT2D eigenvalue weighted by molar-refractivity contribution is 8.00. The van der Waals surface area contributed by atoms with E-state index in [1.54, 1.807) is 0 Å². The van der Waals surface area contributed by atoms with Gasteiger partial charge in [0.15, 0.2) is 0 Å². The van der Waals surface area contributed by atoms with E-state index in [0.717, 1.165) is 34.1 Å². The van der Waals surface area contributed by atoms with Gasteiger partial charge in [0, 0.05) is 21.4 Å². The van der Waals surface area contributed by atoms with Crippen molar-refractivity contribution in [1.29, 1.82) is 0 Å². The Balaban J connectivity index is 1.81. The van der Waals surface area contributed by atoms with Gasteiger partial charge in [-0.3, -0.25) is 4.79 Å². The number of amides is 1. The van der Waals surface area contributed by atoms with E-state index in [-0.39, 0.29) is 11.9 Å². The van der Waals surface area contributed by atoms with Crippen LogP contribution >= 0.6 is 23.4 Å². The summed E-state index contributed by atoms with van der Waals surface area (Å²) in [5.74, 6) is 0.0255. The summed E-state index contributed by atoms with van der Waals surface area (Å²) in [5.41, 5.74) is 1.90. The highest BCUT2D eigenvalue weighted by Crippen LogP contribution is 2.42. The lowest BCUT2D eigenvalue weighted by Crippen LogP contribution is -2.27. The molecule has 2 N–H and O–H groups in total. The average Bonchev–Trinajstić information content (AvgIpc) is 3.05. The third-order valence-corrected chi connectivity index (χ3v) is 5.95. The predicted octanol–water partition coefficient (Wildman–Crippen LogP) is 4.37. The third-order valence-electron chi connectivity index (χ3n) is 4.13. The monoisotopic (exact) mass is 324 g/mol. The average molecular weight is 325 g/mol. The van der Waals surface area contributed by atoms with Gasteiger partial charge in [-0.25, -0.2) is 0 Å². The van der Waals surface area contributed by atoms with E-state index in [2.05, 4.69) is 17.6 Å². The van der Waals surface area contributed by atoms with Crippen molar-refractivity contribution in [2.75, 3.05) is 11.9 Å². The van der Waals surface area contributed by atoms with Crippen LogP contribution in [0.15, 0.2) is 17.0 Å². The number of carbonyl (C=O) groups is 1. The summed E-state index contributed by atoms with van der Waals surface area (Å²) in [6.07, 6.45) is 6.18. The van der Waals surface area contributed by atoms with E-state index in [9.17, 15) is 4.79 Å².